The predicted octanol–water partition coefficient (Wildman–Crippen LogP) is 3.31. The molecule has 1 heterocycles. The molecule has 84 valence electrons. The van der Waals surface area contributed by atoms with Gasteiger partial charge < -0.3 is 9.30 Å². The topological polar surface area (TPSA) is 27.1 Å². The highest BCUT2D eigenvalue weighted by atomic mass is 35.5. The molecule has 2 aromatic rings. The minimum atomic E-state index is 0.413. The molecule has 0 aliphatic rings. The van der Waals surface area contributed by atoms with Crippen LogP contribution in [0.3, 0.4) is 0 Å². The van der Waals surface area contributed by atoms with E-state index in [2.05, 4.69) is 4.98 Å². The Balaban J connectivity index is 2.10. The van der Waals surface area contributed by atoms with Crippen LogP contribution in [-0.2, 0) is 13.7 Å². The van der Waals surface area contributed by atoms with Gasteiger partial charge in [0, 0.05) is 18.1 Å². The van der Waals surface area contributed by atoms with Crippen molar-refractivity contribution in [2.24, 2.45) is 7.05 Å². The molecule has 0 unspecified atom stereocenters. The first kappa shape index (κ1) is 11.3. The summed E-state index contributed by atoms with van der Waals surface area (Å²) in [6, 6.07) is 5.13. The van der Waals surface area contributed by atoms with E-state index in [0.717, 1.165) is 5.69 Å². The number of aryl methyl sites for hydroxylation is 1. The zero-order valence-electron chi connectivity index (χ0n) is 8.65. The lowest BCUT2D eigenvalue weighted by atomic mass is 10.3. The second-order valence-corrected chi connectivity index (χ2v) is 4.20. The molecule has 0 fully saturated rings. The van der Waals surface area contributed by atoms with E-state index >= 15 is 0 Å². The molecule has 0 saturated carbocycles. The van der Waals surface area contributed by atoms with Crippen molar-refractivity contribution in [1.82, 2.24) is 9.55 Å². The van der Waals surface area contributed by atoms with Gasteiger partial charge in [0.05, 0.1) is 23.2 Å². The average molecular weight is 257 g/mol. The Morgan fingerprint density at radius 1 is 1.38 bits per heavy atom. The van der Waals surface area contributed by atoms with Crippen LogP contribution in [0.1, 0.15) is 5.69 Å². The molecular weight excluding hydrogens is 247 g/mol. The van der Waals surface area contributed by atoms with Gasteiger partial charge in [0.1, 0.15) is 12.4 Å². The monoisotopic (exact) mass is 256 g/mol. The summed E-state index contributed by atoms with van der Waals surface area (Å²) in [5.74, 6) is 0.579. The Morgan fingerprint density at radius 2 is 2.19 bits per heavy atom. The molecule has 1 aromatic carbocycles. The molecule has 0 bridgehead atoms. The zero-order chi connectivity index (χ0) is 11.5. The Labute approximate surface area is 104 Å². The first-order valence-electron chi connectivity index (χ1n) is 4.70. The lowest BCUT2D eigenvalue weighted by Gasteiger charge is -2.08. The van der Waals surface area contributed by atoms with Crippen LogP contribution in [-0.4, -0.2) is 9.55 Å². The summed E-state index contributed by atoms with van der Waals surface area (Å²) in [4.78, 5) is 4.00. The third kappa shape index (κ3) is 2.49. The highest BCUT2D eigenvalue weighted by molar-refractivity contribution is 6.34. The van der Waals surface area contributed by atoms with Gasteiger partial charge in [0.25, 0.3) is 0 Å². The number of hydrogen-bond donors (Lipinski definition) is 0. The molecule has 0 aliphatic carbocycles. The van der Waals surface area contributed by atoms with Crippen LogP contribution in [0.2, 0.25) is 10.0 Å². The standard InChI is InChI=1S/C11H10Cl2N2O/c1-15-7-14-5-9(15)6-16-11-4-8(12)2-3-10(11)13/h2-5,7H,6H2,1H3. The molecule has 16 heavy (non-hydrogen) atoms. The molecule has 1 aromatic heterocycles. The molecule has 0 N–H and O–H groups in total. The molecule has 0 atom stereocenters. The largest absolute Gasteiger partial charge is 0.486 e. The molecule has 2 rings (SSSR count). The predicted molar refractivity (Wildman–Crippen MR) is 64.0 cm³/mol. The maximum atomic E-state index is 5.97. The van der Waals surface area contributed by atoms with Gasteiger partial charge in [-0.3, -0.25) is 0 Å². The van der Waals surface area contributed by atoms with E-state index in [1.165, 1.54) is 0 Å². The summed E-state index contributed by atoms with van der Waals surface area (Å²) in [5.41, 5.74) is 0.969. The average Bonchev–Trinajstić information content (AvgIpc) is 2.66. The molecule has 0 saturated heterocycles. The Hall–Kier alpha value is -1.19. The number of aromatic nitrogens is 2. The second kappa shape index (κ2) is 4.76. The maximum Gasteiger partial charge on any atom is 0.139 e. The van der Waals surface area contributed by atoms with Gasteiger partial charge in [-0.1, -0.05) is 23.2 Å². The van der Waals surface area contributed by atoms with Crippen molar-refractivity contribution >= 4 is 23.2 Å². The first-order valence-corrected chi connectivity index (χ1v) is 5.45. The Kier molecular flexibility index (Phi) is 3.36. The van der Waals surface area contributed by atoms with Gasteiger partial charge >= 0.3 is 0 Å². The van der Waals surface area contributed by atoms with Gasteiger partial charge in [0.15, 0.2) is 0 Å². The number of ether oxygens (including phenoxy) is 1. The van der Waals surface area contributed by atoms with Crippen molar-refractivity contribution in [1.29, 1.82) is 0 Å². The van der Waals surface area contributed by atoms with Crippen molar-refractivity contribution in [3.63, 3.8) is 0 Å². The molecule has 0 radical (unpaired) electrons. The Bertz CT molecular complexity index is 496. The number of imidazole rings is 1. The zero-order valence-corrected chi connectivity index (χ0v) is 10.2. The van der Waals surface area contributed by atoms with Crippen LogP contribution in [0.15, 0.2) is 30.7 Å². The summed E-state index contributed by atoms with van der Waals surface area (Å²) in [5, 5.41) is 1.15. The van der Waals surface area contributed by atoms with Gasteiger partial charge in [-0.05, 0) is 12.1 Å². The van der Waals surface area contributed by atoms with Crippen LogP contribution in [0.5, 0.6) is 5.75 Å². The van der Waals surface area contributed by atoms with E-state index in [9.17, 15) is 0 Å². The fourth-order valence-electron chi connectivity index (χ4n) is 1.26. The van der Waals surface area contributed by atoms with Gasteiger partial charge in [-0.25, -0.2) is 4.98 Å². The molecular formula is C11H10Cl2N2O. The molecule has 0 amide bonds. The van der Waals surface area contributed by atoms with Crippen molar-refractivity contribution in [3.8, 4) is 5.75 Å². The minimum Gasteiger partial charge on any atom is -0.486 e. The quantitative estimate of drug-likeness (QED) is 0.843. The minimum absolute atomic E-state index is 0.413. The van der Waals surface area contributed by atoms with Crippen molar-refractivity contribution < 1.29 is 4.74 Å². The number of rotatable bonds is 3. The molecule has 0 spiro atoms. The highest BCUT2D eigenvalue weighted by Crippen LogP contribution is 2.28. The van der Waals surface area contributed by atoms with E-state index in [1.807, 2.05) is 11.6 Å². The van der Waals surface area contributed by atoms with E-state index in [-0.39, 0.29) is 0 Å². The first-order chi connectivity index (χ1) is 7.66. The van der Waals surface area contributed by atoms with Crippen molar-refractivity contribution in [2.45, 2.75) is 6.61 Å². The Morgan fingerprint density at radius 3 is 2.88 bits per heavy atom. The second-order valence-electron chi connectivity index (χ2n) is 3.36. The number of halogens is 2. The lowest BCUT2D eigenvalue weighted by molar-refractivity contribution is 0.297. The highest BCUT2D eigenvalue weighted by Gasteiger charge is 2.04. The molecule has 0 aliphatic heterocycles. The number of nitrogens with zero attached hydrogens (tertiary/aromatic N) is 2. The summed E-state index contributed by atoms with van der Waals surface area (Å²) < 4.78 is 7.45. The normalized spacial score (nSPS) is 10.4. The fourth-order valence-corrected chi connectivity index (χ4v) is 1.60. The summed E-state index contributed by atoms with van der Waals surface area (Å²) in [6.45, 7) is 0.413. The van der Waals surface area contributed by atoms with Crippen LogP contribution >= 0.6 is 23.2 Å². The van der Waals surface area contributed by atoms with Crippen molar-refractivity contribution in [2.75, 3.05) is 0 Å². The van der Waals surface area contributed by atoms with Crippen molar-refractivity contribution in [3.05, 3.63) is 46.5 Å². The summed E-state index contributed by atoms with van der Waals surface area (Å²) in [6.07, 6.45) is 3.47. The molecule has 5 heteroatoms. The van der Waals surface area contributed by atoms with Gasteiger partial charge in [-0.15, -0.1) is 0 Å². The summed E-state index contributed by atoms with van der Waals surface area (Å²) in [7, 11) is 1.91. The van der Waals surface area contributed by atoms with Crippen LogP contribution in [0.4, 0.5) is 0 Å². The van der Waals surface area contributed by atoms with E-state index in [0.29, 0.717) is 22.4 Å². The van der Waals surface area contributed by atoms with Crippen LogP contribution < -0.4 is 4.74 Å². The third-order valence-electron chi connectivity index (χ3n) is 2.19. The third-order valence-corrected chi connectivity index (χ3v) is 2.73. The lowest BCUT2D eigenvalue weighted by Crippen LogP contribution is -2.01. The van der Waals surface area contributed by atoms with E-state index in [4.69, 9.17) is 27.9 Å². The summed E-state index contributed by atoms with van der Waals surface area (Å²) >= 11 is 11.8. The van der Waals surface area contributed by atoms with Crippen LogP contribution in [0.25, 0.3) is 0 Å². The number of benzene rings is 1. The van der Waals surface area contributed by atoms with E-state index < -0.39 is 0 Å². The SMILES string of the molecule is Cn1cncc1COc1cc(Cl)ccc1Cl. The molecule has 3 nitrogen and oxygen atoms in total. The van der Waals surface area contributed by atoms with E-state index in [1.54, 1.807) is 30.7 Å². The van der Waals surface area contributed by atoms with Crippen LogP contribution in [0, 0.1) is 0 Å². The maximum absolute atomic E-state index is 5.97. The number of hydrogen-bond acceptors (Lipinski definition) is 2. The van der Waals surface area contributed by atoms with Gasteiger partial charge in [0.2, 0.25) is 0 Å². The van der Waals surface area contributed by atoms with Gasteiger partial charge in [-0.2, -0.15) is 0 Å². The fraction of sp³-hybridized carbons (Fsp3) is 0.182. The smallest absolute Gasteiger partial charge is 0.139 e.